The van der Waals surface area contributed by atoms with E-state index in [0.717, 1.165) is 12.3 Å². The van der Waals surface area contributed by atoms with Crippen molar-refractivity contribution in [3.05, 3.63) is 41.5 Å². The van der Waals surface area contributed by atoms with Crippen molar-refractivity contribution in [1.82, 2.24) is 9.73 Å². The number of hydrazone groups is 1. The Morgan fingerprint density at radius 1 is 1.31 bits per heavy atom. The predicted octanol–water partition coefficient (Wildman–Crippen LogP) is 2.42. The lowest BCUT2D eigenvalue weighted by atomic mass is 9.49. The molecule has 7 nitrogen and oxygen atoms in total. The molecule has 29 heavy (non-hydrogen) atoms. The van der Waals surface area contributed by atoms with Crippen LogP contribution in [0.15, 0.2) is 45.9 Å². The van der Waals surface area contributed by atoms with Gasteiger partial charge in [0.2, 0.25) is 10.0 Å². The van der Waals surface area contributed by atoms with Gasteiger partial charge < -0.3 is 4.74 Å². The number of allylic oxidation sites excluding steroid dienone is 2. The number of morpholine rings is 1. The van der Waals surface area contributed by atoms with Crippen LogP contribution in [-0.2, 0) is 14.8 Å². The molecule has 0 aromatic heterocycles. The van der Waals surface area contributed by atoms with E-state index in [2.05, 4.69) is 30.5 Å². The van der Waals surface area contributed by atoms with Crippen molar-refractivity contribution in [2.45, 2.75) is 31.6 Å². The van der Waals surface area contributed by atoms with Crippen molar-refractivity contribution in [3.8, 4) is 0 Å². The van der Waals surface area contributed by atoms with Crippen LogP contribution in [-0.4, -0.2) is 51.1 Å². The van der Waals surface area contributed by atoms with Gasteiger partial charge in [0, 0.05) is 18.7 Å². The largest absolute Gasteiger partial charge is 0.379 e. The zero-order valence-corrected chi connectivity index (χ0v) is 17.6. The van der Waals surface area contributed by atoms with Crippen molar-refractivity contribution in [3.63, 3.8) is 0 Å². The van der Waals surface area contributed by atoms with Gasteiger partial charge in [-0.3, -0.25) is 4.79 Å². The Morgan fingerprint density at radius 3 is 2.76 bits per heavy atom. The normalized spacial score (nSPS) is 26.6. The molecule has 2 bridgehead atoms. The van der Waals surface area contributed by atoms with E-state index < -0.39 is 15.9 Å². The second kappa shape index (κ2) is 7.66. The first-order chi connectivity index (χ1) is 13.8. The Kier molecular flexibility index (Phi) is 5.35. The van der Waals surface area contributed by atoms with E-state index in [9.17, 15) is 13.2 Å². The molecule has 2 fully saturated rings. The van der Waals surface area contributed by atoms with Gasteiger partial charge in [0.1, 0.15) is 0 Å². The molecular formula is C21H27N3O4S. The molecule has 1 aromatic carbocycles. The van der Waals surface area contributed by atoms with E-state index in [1.165, 1.54) is 28.4 Å². The van der Waals surface area contributed by atoms with Crippen LogP contribution in [0, 0.1) is 17.3 Å². The summed E-state index contributed by atoms with van der Waals surface area (Å²) >= 11 is 0. The Labute approximate surface area is 171 Å². The maximum atomic E-state index is 12.8. The third-order valence-corrected chi connectivity index (χ3v) is 8.49. The second-order valence-electron chi connectivity index (χ2n) is 8.49. The molecule has 2 atom stereocenters. The number of ether oxygens (including phenoxy) is 1. The van der Waals surface area contributed by atoms with Crippen molar-refractivity contribution in [1.29, 1.82) is 0 Å². The third-order valence-electron chi connectivity index (χ3n) is 6.59. The van der Waals surface area contributed by atoms with Crippen molar-refractivity contribution >= 4 is 22.1 Å². The molecule has 4 aliphatic rings. The van der Waals surface area contributed by atoms with Crippen LogP contribution in [0.1, 0.15) is 37.0 Å². The molecule has 1 amide bonds. The highest BCUT2D eigenvalue weighted by molar-refractivity contribution is 7.89. The number of carbonyl (C=O) groups is 1. The molecule has 1 aliphatic heterocycles. The molecule has 8 heteroatoms. The van der Waals surface area contributed by atoms with E-state index in [4.69, 9.17) is 4.74 Å². The number of fused-ring (bicyclic) bond motifs is 1. The van der Waals surface area contributed by atoms with Crippen LogP contribution in [0.25, 0.3) is 0 Å². The van der Waals surface area contributed by atoms with E-state index in [1.54, 1.807) is 18.3 Å². The van der Waals surface area contributed by atoms with Gasteiger partial charge in [-0.1, -0.05) is 26.0 Å². The van der Waals surface area contributed by atoms with Crippen molar-refractivity contribution in [2.75, 3.05) is 26.3 Å². The van der Waals surface area contributed by atoms with Crippen LogP contribution < -0.4 is 5.43 Å². The molecule has 1 N–H and O–H groups in total. The summed E-state index contributed by atoms with van der Waals surface area (Å²) in [5, 5.41) is 4.12. The minimum Gasteiger partial charge on any atom is -0.379 e. The smallest absolute Gasteiger partial charge is 0.271 e. The molecule has 156 valence electrons. The van der Waals surface area contributed by atoms with Crippen molar-refractivity contribution in [2.24, 2.45) is 22.4 Å². The van der Waals surface area contributed by atoms with E-state index >= 15 is 0 Å². The summed E-state index contributed by atoms with van der Waals surface area (Å²) < 4.78 is 32.2. The quantitative estimate of drug-likeness (QED) is 0.589. The molecule has 3 aliphatic carbocycles. The van der Waals surface area contributed by atoms with Gasteiger partial charge >= 0.3 is 0 Å². The summed E-state index contributed by atoms with van der Waals surface area (Å²) in [5.74, 6) is 0.807. The number of amides is 1. The summed E-state index contributed by atoms with van der Waals surface area (Å²) in [7, 11) is -3.64. The Balaban J connectivity index is 1.43. The number of sulfonamides is 1. The van der Waals surface area contributed by atoms with Crippen LogP contribution in [0.4, 0.5) is 0 Å². The summed E-state index contributed by atoms with van der Waals surface area (Å²) in [5.41, 5.74) is 4.26. The van der Waals surface area contributed by atoms with Crippen LogP contribution in [0.2, 0.25) is 0 Å². The maximum Gasteiger partial charge on any atom is 0.271 e. The third kappa shape index (κ3) is 3.76. The lowest BCUT2D eigenvalue weighted by Crippen LogP contribution is -2.48. The average molecular weight is 418 g/mol. The van der Waals surface area contributed by atoms with Gasteiger partial charge in [0.15, 0.2) is 0 Å². The number of benzene rings is 1. The van der Waals surface area contributed by atoms with Crippen LogP contribution >= 0.6 is 0 Å². The fraction of sp³-hybridized carbons (Fsp3) is 0.524. The fourth-order valence-corrected chi connectivity index (χ4v) is 5.96. The standard InChI is InChI=1S/C21H27N3O4S/c1-21(2)17-7-6-16(19(21)13-17)14-22-23-20(25)15-4-3-5-18(12-15)29(26,27)24-8-10-28-11-9-24/h3-6,12,14,17,19H,7-11,13H2,1-2H3,(H,23,25). The molecule has 1 saturated heterocycles. The van der Waals surface area contributed by atoms with Gasteiger partial charge in [-0.25, -0.2) is 13.8 Å². The first-order valence-corrected chi connectivity index (χ1v) is 11.5. The minimum atomic E-state index is -3.64. The number of nitrogens with zero attached hydrogens (tertiary/aromatic N) is 2. The topological polar surface area (TPSA) is 88.1 Å². The first kappa shape index (κ1) is 20.3. The lowest BCUT2D eigenvalue weighted by Gasteiger charge is -2.55. The lowest BCUT2D eigenvalue weighted by molar-refractivity contribution is -0.00126. The molecule has 1 aromatic rings. The second-order valence-corrected chi connectivity index (χ2v) is 10.4. The first-order valence-electron chi connectivity index (χ1n) is 10.0. The SMILES string of the molecule is CC1(C)C2CC=C(C=NNC(=O)c3cccc(S(=O)(=O)N4CCOCC4)c3)C1C2. The van der Waals surface area contributed by atoms with Gasteiger partial charge in [0.25, 0.3) is 5.91 Å². The summed E-state index contributed by atoms with van der Waals surface area (Å²) in [6, 6.07) is 6.07. The summed E-state index contributed by atoms with van der Waals surface area (Å²) in [6.45, 7) is 5.95. The van der Waals surface area contributed by atoms with Crippen LogP contribution in [0.3, 0.4) is 0 Å². The fourth-order valence-electron chi connectivity index (χ4n) is 4.51. The van der Waals surface area contributed by atoms with E-state index in [1.807, 2.05) is 0 Å². The predicted molar refractivity (Wildman–Crippen MR) is 110 cm³/mol. The highest BCUT2D eigenvalue weighted by atomic mass is 32.2. The monoisotopic (exact) mass is 417 g/mol. The number of nitrogens with one attached hydrogen (secondary N) is 1. The van der Waals surface area contributed by atoms with Crippen LogP contribution in [0.5, 0.6) is 0 Å². The van der Waals surface area contributed by atoms with Gasteiger partial charge in [-0.15, -0.1) is 0 Å². The molecular weight excluding hydrogens is 390 g/mol. The van der Waals surface area contributed by atoms with E-state index in [0.29, 0.717) is 37.6 Å². The molecule has 0 radical (unpaired) electrons. The Hall–Kier alpha value is -2.03. The summed E-state index contributed by atoms with van der Waals surface area (Å²) in [6.07, 6.45) is 6.17. The highest BCUT2D eigenvalue weighted by Crippen LogP contribution is 2.58. The van der Waals surface area contributed by atoms with Gasteiger partial charge in [-0.05, 0) is 53.9 Å². The Bertz CT molecular complexity index is 962. The molecule has 2 unspecified atom stereocenters. The van der Waals surface area contributed by atoms with E-state index in [-0.39, 0.29) is 10.5 Å². The molecule has 1 heterocycles. The number of hydrogen-bond donors (Lipinski definition) is 1. The maximum absolute atomic E-state index is 12.8. The average Bonchev–Trinajstić information content (AvgIpc) is 2.74. The van der Waals surface area contributed by atoms with Crippen molar-refractivity contribution < 1.29 is 17.9 Å². The molecule has 0 spiro atoms. The number of hydrogen-bond acceptors (Lipinski definition) is 5. The zero-order valence-electron chi connectivity index (χ0n) is 16.8. The number of rotatable bonds is 5. The highest BCUT2D eigenvalue weighted by Gasteiger charge is 2.50. The van der Waals surface area contributed by atoms with Gasteiger partial charge in [-0.2, -0.15) is 9.41 Å². The number of carbonyl (C=O) groups excluding carboxylic acids is 1. The molecule has 1 saturated carbocycles. The zero-order chi connectivity index (χ0) is 20.6. The minimum absolute atomic E-state index is 0.105. The van der Waals surface area contributed by atoms with Gasteiger partial charge in [0.05, 0.1) is 24.3 Å². The summed E-state index contributed by atoms with van der Waals surface area (Å²) in [4.78, 5) is 12.6. The Morgan fingerprint density at radius 2 is 2.07 bits per heavy atom. The molecule has 5 rings (SSSR count).